The SMILES string of the molecule is O=C(O)CC(NC(=O)CP(=O)(O)O)C(=O)O.[Na+]. The van der Waals surface area contributed by atoms with Crippen LogP contribution >= 0.6 is 7.60 Å². The Morgan fingerprint density at radius 3 is 1.94 bits per heavy atom. The van der Waals surface area contributed by atoms with Crippen molar-refractivity contribution in [1.82, 2.24) is 5.32 Å². The summed E-state index contributed by atoms with van der Waals surface area (Å²) in [4.78, 5) is 48.4. The third-order valence-corrected chi connectivity index (χ3v) is 2.06. The van der Waals surface area contributed by atoms with Crippen LogP contribution in [0.2, 0.25) is 0 Å². The first-order valence-electron chi connectivity index (χ1n) is 3.90. The maximum atomic E-state index is 10.9. The molecule has 0 aromatic carbocycles. The van der Waals surface area contributed by atoms with Crippen molar-refractivity contribution >= 4 is 25.4 Å². The Hall–Kier alpha value is -0.440. The number of hydrogen-bond donors (Lipinski definition) is 5. The summed E-state index contributed by atoms with van der Waals surface area (Å²) >= 11 is 0. The predicted molar refractivity (Wildman–Crippen MR) is 48.7 cm³/mol. The Balaban J connectivity index is 0. The minimum atomic E-state index is -4.59. The van der Waals surface area contributed by atoms with Gasteiger partial charge in [-0.25, -0.2) is 4.79 Å². The average Bonchev–Trinajstić information content (AvgIpc) is 1.97. The van der Waals surface area contributed by atoms with Gasteiger partial charge in [0.1, 0.15) is 12.2 Å². The molecule has 1 unspecified atom stereocenters. The van der Waals surface area contributed by atoms with Crippen LogP contribution < -0.4 is 34.9 Å². The molecule has 0 radical (unpaired) electrons. The van der Waals surface area contributed by atoms with E-state index in [1.54, 1.807) is 5.32 Å². The second kappa shape index (κ2) is 7.80. The molecule has 0 saturated heterocycles. The van der Waals surface area contributed by atoms with Crippen molar-refractivity contribution in [3.8, 4) is 0 Å². The van der Waals surface area contributed by atoms with Crippen LogP contribution in [-0.2, 0) is 18.9 Å². The summed E-state index contributed by atoms with van der Waals surface area (Å²) < 4.78 is 10.4. The Morgan fingerprint density at radius 2 is 1.65 bits per heavy atom. The van der Waals surface area contributed by atoms with Crippen LogP contribution in [0.5, 0.6) is 0 Å². The largest absolute Gasteiger partial charge is 1.00 e. The fourth-order valence-electron chi connectivity index (χ4n) is 0.802. The van der Waals surface area contributed by atoms with E-state index in [0.717, 1.165) is 0 Å². The first-order valence-corrected chi connectivity index (χ1v) is 5.70. The van der Waals surface area contributed by atoms with E-state index in [0.29, 0.717) is 0 Å². The van der Waals surface area contributed by atoms with E-state index in [4.69, 9.17) is 20.0 Å². The van der Waals surface area contributed by atoms with E-state index in [9.17, 15) is 18.9 Å². The molecule has 0 heterocycles. The number of carboxylic acids is 2. The van der Waals surface area contributed by atoms with E-state index in [1.807, 2.05) is 0 Å². The molecule has 0 saturated carbocycles. The normalized spacial score (nSPS) is 12.1. The standard InChI is InChI=1S/C6H10NO8P.Na/c8-4(2-16(13,14)15)7-3(6(11)12)1-5(9)10;/h3H,1-2H2,(H,7,8)(H,9,10)(H,11,12)(H2,13,14,15);/q;+1. The topological polar surface area (TPSA) is 161 Å². The van der Waals surface area contributed by atoms with Crippen molar-refractivity contribution in [2.24, 2.45) is 0 Å². The number of aliphatic carboxylic acids is 2. The zero-order valence-electron chi connectivity index (χ0n) is 8.86. The molecule has 92 valence electrons. The van der Waals surface area contributed by atoms with Crippen molar-refractivity contribution in [2.75, 3.05) is 6.16 Å². The second-order valence-electron chi connectivity index (χ2n) is 2.88. The first-order chi connectivity index (χ1) is 7.11. The molecule has 0 aromatic heterocycles. The second-order valence-corrected chi connectivity index (χ2v) is 4.52. The number of hydrogen-bond acceptors (Lipinski definition) is 4. The van der Waals surface area contributed by atoms with Crippen LogP contribution in [0.4, 0.5) is 0 Å². The summed E-state index contributed by atoms with van der Waals surface area (Å²) in [5.74, 6) is -4.27. The van der Waals surface area contributed by atoms with Crippen LogP contribution in [0, 0.1) is 0 Å². The van der Waals surface area contributed by atoms with Gasteiger partial charge >= 0.3 is 49.1 Å². The Labute approximate surface area is 118 Å². The smallest absolute Gasteiger partial charge is 0.481 e. The van der Waals surface area contributed by atoms with Gasteiger partial charge in [0.15, 0.2) is 0 Å². The number of carboxylic acid groups (broad SMARTS) is 2. The maximum Gasteiger partial charge on any atom is 1.00 e. The summed E-state index contributed by atoms with van der Waals surface area (Å²) in [7, 11) is -4.59. The molecule has 0 aliphatic heterocycles. The predicted octanol–water partition coefficient (Wildman–Crippen LogP) is -4.79. The van der Waals surface area contributed by atoms with Gasteiger partial charge in [0.2, 0.25) is 5.91 Å². The third-order valence-electron chi connectivity index (χ3n) is 1.36. The van der Waals surface area contributed by atoms with Crippen LogP contribution in [0.3, 0.4) is 0 Å². The van der Waals surface area contributed by atoms with E-state index in [-0.39, 0.29) is 29.6 Å². The van der Waals surface area contributed by atoms with Gasteiger partial charge in [-0.1, -0.05) is 0 Å². The van der Waals surface area contributed by atoms with Gasteiger partial charge in [-0.3, -0.25) is 14.2 Å². The maximum absolute atomic E-state index is 10.9. The third kappa shape index (κ3) is 10.4. The van der Waals surface area contributed by atoms with E-state index in [2.05, 4.69) is 0 Å². The van der Waals surface area contributed by atoms with Gasteiger partial charge in [0, 0.05) is 0 Å². The molecule has 0 bridgehead atoms. The summed E-state index contributed by atoms with van der Waals surface area (Å²) in [5.41, 5.74) is 0. The quantitative estimate of drug-likeness (QED) is 0.239. The number of nitrogens with one attached hydrogen (secondary N) is 1. The van der Waals surface area contributed by atoms with Crippen molar-refractivity contribution in [3.63, 3.8) is 0 Å². The number of carbonyl (C=O) groups excluding carboxylic acids is 1. The molecule has 11 heteroatoms. The number of amides is 1. The molecule has 9 nitrogen and oxygen atoms in total. The van der Waals surface area contributed by atoms with E-state index in [1.165, 1.54) is 0 Å². The average molecular weight is 278 g/mol. The molecular weight excluding hydrogens is 268 g/mol. The fourth-order valence-corrected chi connectivity index (χ4v) is 1.27. The molecule has 0 spiro atoms. The molecule has 0 rings (SSSR count). The Bertz CT molecular complexity index is 352. The van der Waals surface area contributed by atoms with Gasteiger partial charge < -0.3 is 25.3 Å². The molecular formula is C6H10NNaO8P+. The van der Waals surface area contributed by atoms with Gasteiger partial charge in [-0.2, -0.15) is 0 Å². The van der Waals surface area contributed by atoms with E-state index < -0.39 is 44.1 Å². The summed E-state index contributed by atoms with van der Waals surface area (Å²) in [5, 5.41) is 18.5. The van der Waals surface area contributed by atoms with Crippen molar-refractivity contribution in [2.45, 2.75) is 12.5 Å². The van der Waals surface area contributed by atoms with Crippen molar-refractivity contribution in [1.29, 1.82) is 0 Å². The van der Waals surface area contributed by atoms with Crippen LogP contribution in [-0.4, -0.2) is 50.0 Å². The Morgan fingerprint density at radius 1 is 1.18 bits per heavy atom. The van der Waals surface area contributed by atoms with Gasteiger partial charge in [0.05, 0.1) is 6.42 Å². The van der Waals surface area contributed by atoms with Gasteiger partial charge in [0.25, 0.3) is 0 Å². The summed E-state index contributed by atoms with van der Waals surface area (Å²) in [6.45, 7) is 0. The monoisotopic (exact) mass is 278 g/mol. The van der Waals surface area contributed by atoms with Crippen LogP contribution in [0.15, 0.2) is 0 Å². The summed E-state index contributed by atoms with van der Waals surface area (Å²) in [6.07, 6.45) is -2.06. The zero-order valence-corrected chi connectivity index (χ0v) is 11.8. The van der Waals surface area contributed by atoms with Crippen molar-refractivity contribution < 1.29 is 68.5 Å². The molecule has 1 atom stereocenters. The van der Waals surface area contributed by atoms with Crippen LogP contribution in [0.1, 0.15) is 6.42 Å². The first kappa shape index (κ1) is 18.9. The molecule has 0 aromatic rings. The molecule has 0 aliphatic carbocycles. The number of rotatable bonds is 6. The minimum absolute atomic E-state index is 0. The van der Waals surface area contributed by atoms with Gasteiger partial charge in [-0.05, 0) is 0 Å². The van der Waals surface area contributed by atoms with Gasteiger partial charge in [-0.15, -0.1) is 0 Å². The minimum Gasteiger partial charge on any atom is -0.481 e. The van der Waals surface area contributed by atoms with E-state index >= 15 is 0 Å². The Kier molecular flexibility index (Phi) is 8.68. The molecule has 1 amide bonds. The summed E-state index contributed by atoms with van der Waals surface area (Å²) in [6, 6.07) is -1.71. The van der Waals surface area contributed by atoms with Crippen LogP contribution in [0.25, 0.3) is 0 Å². The molecule has 0 aliphatic rings. The van der Waals surface area contributed by atoms with Crippen molar-refractivity contribution in [3.05, 3.63) is 0 Å². The fraction of sp³-hybridized carbons (Fsp3) is 0.500. The molecule has 5 N–H and O–H groups in total. The molecule has 17 heavy (non-hydrogen) atoms. The zero-order chi connectivity index (χ0) is 12.9. The molecule has 0 fully saturated rings. The number of carbonyl (C=O) groups is 3.